The molecule has 1 fully saturated rings. The summed E-state index contributed by atoms with van der Waals surface area (Å²) in [6.07, 6.45) is 0.434. The van der Waals surface area contributed by atoms with Crippen LogP contribution in [0, 0.1) is 5.82 Å². The largest absolute Gasteiger partial charge is 0.506 e. The summed E-state index contributed by atoms with van der Waals surface area (Å²) >= 11 is 0. The van der Waals surface area contributed by atoms with Crippen molar-refractivity contribution in [2.75, 3.05) is 19.6 Å². The van der Waals surface area contributed by atoms with Crippen LogP contribution >= 0.6 is 0 Å². The van der Waals surface area contributed by atoms with Gasteiger partial charge in [-0.15, -0.1) is 0 Å². The van der Waals surface area contributed by atoms with Gasteiger partial charge in [-0.1, -0.05) is 11.6 Å². The highest BCUT2D eigenvalue weighted by Gasteiger charge is 2.31. The predicted octanol–water partition coefficient (Wildman–Crippen LogP) is 5.29. The van der Waals surface area contributed by atoms with Crippen LogP contribution in [0.3, 0.4) is 0 Å². The van der Waals surface area contributed by atoms with Crippen molar-refractivity contribution in [2.45, 2.75) is 52.4 Å². The quantitative estimate of drug-likeness (QED) is 0.546. The molecule has 0 radical (unpaired) electrons. The molecule has 4 rings (SSSR count). The van der Waals surface area contributed by atoms with E-state index in [-0.39, 0.29) is 24.6 Å². The third kappa shape index (κ3) is 5.66. The van der Waals surface area contributed by atoms with Crippen molar-refractivity contribution >= 4 is 11.7 Å². The van der Waals surface area contributed by atoms with Crippen molar-refractivity contribution in [3.8, 4) is 11.5 Å². The number of rotatable bonds is 8. The molecule has 2 aromatic carbocycles. The fraction of sp³-hybridized carbons (Fsp3) is 0.423. The third-order valence-corrected chi connectivity index (χ3v) is 6.10. The molecule has 0 amide bonds. The summed E-state index contributed by atoms with van der Waals surface area (Å²) in [7, 11) is 0. The van der Waals surface area contributed by atoms with E-state index in [2.05, 4.69) is 17.9 Å². The van der Waals surface area contributed by atoms with E-state index in [1.165, 1.54) is 28.3 Å². The predicted molar refractivity (Wildman–Crippen MR) is 123 cm³/mol. The minimum Gasteiger partial charge on any atom is -0.491 e. The zero-order chi connectivity index (χ0) is 23.5. The van der Waals surface area contributed by atoms with Crippen molar-refractivity contribution in [1.29, 1.82) is 0 Å². The maximum Gasteiger partial charge on any atom is 0.506 e. The van der Waals surface area contributed by atoms with Gasteiger partial charge in [0.05, 0.1) is 6.10 Å². The topological polar surface area (TPSA) is 68.2 Å². The maximum atomic E-state index is 14.4. The number of allylic oxidation sites excluding steroid dienone is 1. The molecule has 1 saturated heterocycles. The fourth-order valence-corrected chi connectivity index (χ4v) is 4.38. The Kier molecular flexibility index (Phi) is 6.88. The Hall–Kier alpha value is -3.06. The standard InChI is InChI=1S/C26H30FNO5/c1-16(2)32-22-7-6-20(25(27)11-22)15-31-21-8-9-24-17(3)19(5-4-18(24)10-21)12-28-13-23(14-28)33-26(29)30/h6-11,16,23H,4-5,12-15H2,1-3H3,(H,29,30). The van der Waals surface area contributed by atoms with Gasteiger partial charge in [0.2, 0.25) is 0 Å². The molecule has 176 valence electrons. The maximum absolute atomic E-state index is 14.4. The number of hydrogen-bond donors (Lipinski definition) is 1. The minimum absolute atomic E-state index is 0.00575. The highest BCUT2D eigenvalue weighted by Crippen LogP contribution is 2.34. The molecule has 1 heterocycles. The molecule has 1 aliphatic heterocycles. The molecule has 1 N–H and O–H groups in total. The number of fused-ring (bicyclic) bond motifs is 1. The number of nitrogens with zero attached hydrogens (tertiary/aromatic N) is 1. The number of halogens is 1. The van der Waals surface area contributed by atoms with E-state index in [1.807, 2.05) is 26.0 Å². The second-order valence-electron chi connectivity index (χ2n) is 8.96. The summed E-state index contributed by atoms with van der Waals surface area (Å²) in [5, 5.41) is 8.70. The molecule has 0 spiro atoms. The molecular formula is C26H30FNO5. The summed E-state index contributed by atoms with van der Waals surface area (Å²) in [5.41, 5.74) is 5.56. The number of ether oxygens (including phenoxy) is 3. The Bertz CT molecular complexity index is 1060. The zero-order valence-corrected chi connectivity index (χ0v) is 19.3. The van der Waals surface area contributed by atoms with Gasteiger partial charge in [-0.25, -0.2) is 9.18 Å². The highest BCUT2D eigenvalue weighted by atomic mass is 19.1. The first-order valence-corrected chi connectivity index (χ1v) is 11.3. The van der Waals surface area contributed by atoms with Crippen LogP contribution in [0.4, 0.5) is 9.18 Å². The lowest BCUT2D eigenvalue weighted by atomic mass is 9.85. The second-order valence-corrected chi connectivity index (χ2v) is 8.96. The fourth-order valence-electron chi connectivity index (χ4n) is 4.38. The molecule has 33 heavy (non-hydrogen) atoms. The van der Waals surface area contributed by atoms with Gasteiger partial charge in [0, 0.05) is 31.3 Å². The SMILES string of the molecule is CC1=C(CN2CC(OC(=O)O)C2)CCc2cc(OCc3ccc(OC(C)C)cc3F)ccc21. The average molecular weight is 456 g/mol. The molecule has 0 aromatic heterocycles. The molecule has 1 aliphatic carbocycles. The molecular weight excluding hydrogens is 425 g/mol. The lowest BCUT2D eigenvalue weighted by Crippen LogP contribution is -2.53. The van der Waals surface area contributed by atoms with Gasteiger partial charge < -0.3 is 19.3 Å². The van der Waals surface area contributed by atoms with Crippen molar-refractivity contribution in [2.24, 2.45) is 0 Å². The van der Waals surface area contributed by atoms with Crippen LogP contribution in [0.25, 0.3) is 5.57 Å². The van der Waals surface area contributed by atoms with Gasteiger partial charge in [-0.2, -0.15) is 0 Å². The van der Waals surface area contributed by atoms with Gasteiger partial charge in [0.25, 0.3) is 0 Å². The van der Waals surface area contributed by atoms with E-state index < -0.39 is 6.16 Å². The molecule has 6 nitrogen and oxygen atoms in total. The summed E-state index contributed by atoms with van der Waals surface area (Å²) < 4.78 is 30.6. The highest BCUT2D eigenvalue weighted by molar-refractivity contribution is 5.72. The van der Waals surface area contributed by atoms with Crippen molar-refractivity contribution in [3.05, 3.63) is 64.5 Å². The first kappa shape index (κ1) is 23.1. The van der Waals surface area contributed by atoms with E-state index >= 15 is 0 Å². The second kappa shape index (κ2) is 9.83. The van der Waals surface area contributed by atoms with Crippen molar-refractivity contribution in [3.63, 3.8) is 0 Å². The Morgan fingerprint density at radius 1 is 1.15 bits per heavy atom. The van der Waals surface area contributed by atoms with Crippen LogP contribution in [-0.2, 0) is 17.8 Å². The Morgan fingerprint density at radius 3 is 2.61 bits per heavy atom. The lowest BCUT2D eigenvalue weighted by molar-refractivity contribution is -0.0292. The van der Waals surface area contributed by atoms with E-state index in [0.717, 1.165) is 25.1 Å². The smallest absolute Gasteiger partial charge is 0.491 e. The van der Waals surface area contributed by atoms with Gasteiger partial charge in [-0.3, -0.25) is 4.90 Å². The monoisotopic (exact) mass is 455 g/mol. The van der Waals surface area contributed by atoms with Crippen molar-refractivity contribution in [1.82, 2.24) is 4.90 Å². The van der Waals surface area contributed by atoms with Crippen LogP contribution in [0.2, 0.25) is 0 Å². The zero-order valence-electron chi connectivity index (χ0n) is 19.3. The summed E-state index contributed by atoms with van der Waals surface area (Å²) in [6.45, 7) is 8.22. The Labute approximate surface area is 193 Å². The Balaban J connectivity index is 1.36. The molecule has 0 saturated carbocycles. The molecule has 2 aliphatic rings. The van der Waals surface area contributed by atoms with Crippen molar-refractivity contribution < 1.29 is 28.5 Å². The molecule has 2 aromatic rings. The lowest BCUT2D eigenvalue weighted by Gasteiger charge is -2.39. The normalized spacial score (nSPS) is 16.4. The van der Waals surface area contributed by atoms with Crippen LogP contribution in [-0.4, -0.2) is 48.0 Å². The van der Waals surface area contributed by atoms with Crippen LogP contribution in [0.5, 0.6) is 11.5 Å². The molecule has 0 bridgehead atoms. The first-order chi connectivity index (χ1) is 15.8. The number of hydrogen-bond acceptors (Lipinski definition) is 5. The van der Waals surface area contributed by atoms with E-state index in [0.29, 0.717) is 24.4 Å². The summed E-state index contributed by atoms with van der Waals surface area (Å²) in [6, 6.07) is 10.9. The van der Waals surface area contributed by atoms with Gasteiger partial charge in [0.15, 0.2) is 0 Å². The van der Waals surface area contributed by atoms with Gasteiger partial charge in [0.1, 0.15) is 30.0 Å². The summed E-state index contributed by atoms with van der Waals surface area (Å²) in [5.74, 6) is 0.904. The number of likely N-dealkylation sites (tertiary alicyclic amines) is 1. The van der Waals surface area contributed by atoms with E-state index in [9.17, 15) is 9.18 Å². The molecule has 7 heteroatoms. The number of aryl methyl sites for hydroxylation is 1. The van der Waals surface area contributed by atoms with Gasteiger partial charge in [-0.05, 0) is 74.6 Å². The van der Waals surface area contributed by atoms with Crippen LogP contribution in [0.15, 0.2) is 42.0 Å². The number of carbonyl (C=O) groups is 1. The van der Waals surface area contributed by atoms with E-state index in [4.69, 9.17) is 19.3 Å². The van der Waals surface area contributed by atoms with Crippen LogP contribution in [0.1, 0.15) is 43.9 Å². The molecule has 0 unspecified atom stereocenters. The number of carboxylic acid groups (broad SMARTS) is 1. The number of benzene rings is 2. The summed E-state index contributed by atoms with van der Waals surface area (Å²) in [4.78, 5) is 12.8. The minimum atomic E-state index is -1.21. The van der Waals surface area contributed by atoms with E-state index in [1.54, 1.807) is 12.1 Å². The first-order valence-electron chi connectivity index (χ1n) is 11.3. The average Bonchev–Trinajstić information content (AvgIpc) is 2.72. The molecule has 0 atom stereocenters. The van der Waals surface area contributed by atoms with Gasteiger partial charge >= 0.3 is 6.16 Å². The Morgan fingerprint density at radius 2 is 1.91 bits per heavy atom. The third-order valence-electron chi connectivity index (χ3n) is 6.10. The van der Waals surface area contributed by atoms with Crippen LogP contribution < -0.4 is 9.47 Å².